The van der Waals surface area contributed by atoms with Gasteiger partial charge >= 0.3 is 0 Å². The number of carbonyl (C=O) groups is 1. The van der Waals surface area contributed by atoms with Crippen LogP contribution in [-0.2, 0) is 7.05 Å². The number of amides is 1. The van der Waals surface area contributed by atoms with Gasteiger partial charge in [0.05, 0.1) is 11.7 Å². The molecule has 3 rings (SSSR count). The first kappa shape index (κ1) is 16.6. The highest BCUT2D eigenvalue weighted by atomic mass is 19.1. The standard InChI is InChI=1S/C18H23FN4O/c1-12(2)15-10-16(22(3)21-15)18(24)23-8-7-20-11-17(23)13-5-4-6-14(19)9-13/h4-6,9-10,12,17,20H,7-8,11H2,1-3H3. The Morgan fingerprint density at radius 2 is 2.17 bits per heavy atom. The van der Waals surface area contributed by atoms with Crippen LogP contribution in [0.15, 0.2) is 30.3 Å². The van der Waals surface area contributed by atoms with E-state index in [0.717, 1.165) is 17.8 Å². The van der Waals surface area contributed by atoms with Crippen molar-refractivity contribution in [2.75, 3.05) is 19.6 Å². The van der Waals surface area contributed by atoms with Gasteiger partial charge in [-0.3, -0.25) is 9.48 Å². The molecular weight excluding hydrogens is 307 g/mol. The predicted octanol–water partition coefficient (Wildman–Crippen LogP) is 2.47. The van der Waals surface area contributed by atoms with Gasteiger partial charge in [0, 0.05) is 26.7 Å². The van der Waals surface area contributed by atoms with Crippen molar-refractivity contribution < 1.29 is 9.18 Å². The summed E-state index contributed by atoms with van der Waals surface area (Å²) in [5, 5.41) is 7.72. The highest BCUT2D eigenvalue weighted by Gasteiger charge is 2.30. The lowest BCUT2D eigenvalue weighted by atomic mass is 10.0. The van der Waals surface area contributed by atoms with Gasteiger partial charge in [-0.05, 0) is 29.7 Å². The van der Waals surface area contributed by atoms with Crippen LogP contribution in [0, 0.1) is 5.82 Å². The zero-order valence-corrected chi connectivity index (χ0v) is 14.3. The van der Waals surface area contributed by atoms with Crippen molar-refractivity contribution in [3.05, 3.63) is 53.1 Å². The second-order valence-corrected chi connectivity index (χ2v) is 6.51. The molecule has 1 aromatic carbocycles. The summed E-state index contributed by atoms with van der Waals surface area (Å²) >= 11 is 0. The van der Waals surface area contributed by atoms with E-state index in [0.29, 0.717) is 18.8 Å². The monoisotopic (exact) mass is 330 g/mol. The summed E-state index contributed by atoms with van der Waals surface area (Å²) in [4.78, 5) is 14.9. The molecule has 1 amide bonds. The van der Waals surface area contributed by atoms with Gasteiger partial charge in [-0.2, -0.15) is 5.10 Å². The molecule has 2 aromatic rings. The van der Waals surface area contributed by atoms with E-state index < -0.39 is 0 Å². The van der Waals surface area contributed by atoms with E-state index in [1.807, 2.05) is 17.0 Å². The highest BCUT2D eigenvalue weighted by molar-refractivity contribution is 5.93. The van der Waals surface area contributed by atoms with Crippen LogP contribution in [0.2, 0.25) is 0 Å². The largest absolute Gasteiger partial charge is 0.328 e. The van der Waals surface area contributed by atoms with E-state index in [1.165, 1.54) is 12.1 Å². The third kappa shape index (κ3) is 3.19. The van der Waals surface area contributed by atoms with Crippen LogP contribution in [0.25, 0.3) is 0 Å². The number of nitrogens with zero attached hydrogens (tertiary/aromatic N) is 3. The van der Waals surface area contributed by atoms with Crippen LogP contribution in [0.3, 0.4) is 0 Å². The molecule has 1 N–H and O–H groups in total. The topological polar surface area (TPSA) is 50.2 Å². The van der Waals surface area contributed by atoms with Crippen LogP contribution in [-0.4, -0.2) is 40.2 Å². The molecule has 128 valence electrons. The maximum absolute atomic E-state index is 13.6. The number of hydrogen-bond donors (Lipinski definition) is 1. The zero-order chi connectivity index (χ0) is 17.3. The molecule has 0 spiro atoms. The van der Waals surface area contributed by atoms with E-state index in [2.05, 4.69) is 24.3 Å². The van der Waals surface area contributed by atoms with Crippen molar-refractivity contribution >= 4 is 5.91 Å². The molecule has 6 heteroatoms. The third-order valence-corrected chi connectivity index (χ3v) is 4.45. The molecule has 0 saturated carbocycles. The number of aromatic nitrogens is 2. The third-order valence-electron chi connectivity index (χ3n) is 4.45. The Kier molecular flexibility index (Phi) is 4.66. The van der Waals surface area contributed by atoms with Crippen molar-refractivity contribution in [2.24, 2.45) is 7.05 Å². The van der Waals surface area contributed by atoms with Crippen molar-refractivity contribution in [3.8, 4) is 0 Å². The van der Waals surface area contributed by atoms with Crippen molar-refractivity contribution in [2.45, 2.75) is 25.8 Å². The number of carbonyl (C=O) groups excluding carboxylic acids is 1. The SMILES string of the molecule is CC(C)c1cc(C(=O)N2CCNCC2c2cccc(F)c2)n(C)n1. The minimum absolute atomic E-state index is 0.0624. The van der Waals surface area contributed by atoms with Gasteiger partial charge in [-0.1, -0.05) is 26.0 Å². The Bertz CT molecular complexity index is 740. The lowest BCUT2D eigenvalue weighted by Crippen LogP contribution is -2.49. The lowest BCUT2D eigenvalue weighted by Gasteiger charge is -2.36. The summed E-state index contributed by atoms with van der Waals surface area (Å²) in [6, 6.07) is 8.15. The fraction of sp³-hybridized carbons (Fsp3) is 0.444. The Balaban J connectivity index is 1.91. The van der Waals surface area contributed by atoms with Crippen LogP contribution in [0.4, 0.5) is 4.39 Å². The molecule has 1 fully saturated rings. The molecule has 1 unspecified atom stereocenters. The molecule has 5 nitrogen and oxygen atoms in total. The first-order valence-corrected chi connectivity index (χ1v) is 8.28. The minimum Gasteiger partial charge on any atom is -0.328 e. The first-order chi connectivity index (χ1) is 11.5. The van der Waals surface area contributed by atoms with Crippen molar-refractivity contribution in [1.82, 2.24) is 20.0 Å². The molecule has 1 aromatic heterocycles. The molecule has 0 aliphatic carbocycles. The molecule has 1 aliphatic heterocycles. The van der Waals surface area contributed by atoms with E-state index in [4.69, 9.17) is 0 Å². The smallest absolute Gasteiger partial charge is 0.272 e. The van der Waals surface area contributed by atoms with Crippen molar-refractivity contribution in [1.29, 1.82) is 0 Å². The maximum atomic E-state index is 13.6. The number of nitrogens with one attached hydrogen (secondary N) is 1. The summed E-state index contributed by atoms with van der Waals surface area (Å²) in [7, 11) is 1.79. The molecule has 1 atom stereocenters. The van der Waals surface area contributed by atoms with Crippen molar-refractivity contribution in [3.63, 3.8) is 0 Å². The second-order valence-electron chi connectivity index (χ2n) is 6.51. The van der Waals surface area contributed by atoms with Gasteiger partial charge in [0.1, 0.15) is 11.5 Å². The maximum Gasteiger partial charge on any atom is 0.272 e. The molecule has 24 heavy (non-hydrogen) atoms. The molecular formula is C18H23FN4O. The molecule has 2 heterocycles. The van der Waals surface area contributed by atoms with E-state index in [1.54, 1.807) is 17.8 Å². The zero-order valence-electron chi connectivity index (χ0n) is 14.3. The summed E-state index contributed by atoms with van der Waals surface area (Å²) in [5.41, 5.74) is 2.28. The van der Waals surface area contributed by atoms with E-state index >= 15 is 0 Å². The van der Waals surface area contributed by atoms with Gasteiger partial charge in [0.2, 0.25) is 0 Å². The average molecular weight is 330 g/mol. The number of rotatable bonds is 3. The Labute approximate surface area is 141 Å². The normalized spacial score (nSPS) is 18.2. The fourth-order valence-corrected chi connectivity index (χ4v) is 3.08. The number of hydrogen-bond acceptors (Lipinski definition) is 3. The number of benzene rings is 1. The van der Waals surface area contributed by atoms with E-state index in [-0.39, 0.29) is 23.7 Å². The van der Waals surface area contributed by atoms with Gasteiger partial charge in [0.15, 0.2) is 0 Å². The number of aryl methyl sites for hydroxylation is 1. The first-order valence-electron chi connectivity index (χ1n) is 8.28. The fourth-order valence-electron chi connectivity index (χ4n) is 3.08. The summed E-state index contributed by atoms with van der Waals surface area (Å²) in [5.74, 6) is -0.0828. The Hall–Kier alpha value is -2.21. The van der Waals surface area contributed by atoms with Crippen LogP contribution < -0.4 is 5.32 Å². The highest BCUT2D eigenvalue weighted by Crippen LogP contribution is 2.25. The van der Waals surface area contributed by atoms with Crippen LogP contribution in [0.1, 0.15) is 47.6 Å². The summed E-state index contributed by atoms with van der Waals surface area (Å²) < 4.78 is 15.2. The predicted molar refractivity (Wildman–Crippen MR) is 90.3 cm³/mol. The molecule has 0 radical (unpaired) electrons. The summed E-state index contributed by atoms with van der Waals surface area (Å²) in [6.07, 6.45) is 0. The van der Waals surface area contributed by atoms with Gasteiger partial charge in [-0.25, -0.2) is 4.39 Å². The van der Waals surface area contributed by atoms with Gasteiger partial charge in [0.25, 0.3) is 5.91 Å². The lowest BCUT2D eigenvalue weighted by molar-refractivity contribution is 0.0622. The number of halogens is 1. The molecule has 0 bridgehead atoms. The van der Waals surface area contributed by atoms with Gasteiger partial charge < -0.3 is 10.2 Å². The quantitative estimate of drug-likeness (QED) is 0.940. The Morgan fingerprint density at radius 1 is 1.38 bits per heavy atom. The Morgan fingerprint density at radius 3 is 2.83 bits per heavy atom. The van der Waals surface area contributed by atoms with Crippen LogP contribution >= 0.6 is 0 Å². The number of piperazine rings is 1. The molecule has 1 aliphatic rings. The van der Waals surface area contributed by atoms with E-state index in [9.17, 15) is 9.18 Å². The second kappa shape index (κ2) is 6.73. The molecule has 1 saturated heterocycles. The average Bonchev–Trinajstić information content (AvgIpc) is 2.96. The summed E-state index contributed by atoms with van der Waals surface area (Å²) in [6.45, 7) is 6.03. The van der Waals surface area contributed by atoms with Crippen LogP contribution in [0.5, 0.6) is 0 Å². The minimum atomic E-state index is -0.284. The van der Waals surface area contributed by atoms with Gasteiger partial charge in [-0.15, -0.1) is 0 Å².